The van der Waals surface area contributed by atoms with Gasteiger partial charge in [-0.05, 0) is 61.4 Å². The van der Waals surface area contributed by atoms with E-state index in [1.807, 2.05) is 0 Å². The molecule has 0 bridgehead atoms. The number of piperidine rings is 1. The van der Waals surface area contributed by atoms with Crippen molar-refractivity contribution >= 4 is 31.6 Å². The van der Waals surface area contributed by atoms with Crippen LogP contribution >= 0.6 is 0 Å². The second kappa shape index (κ2) is 13.2. The van der Waals surface area contributed by atoms with Crippen LogP contribution < -0.4 is 19.1 Å². The summed E-state index contributed by atoms with van der Waals surface area (Å²) >= 11 is 0. The molecule has 10 nitrogen and oxygen atoms in total. The second-order valence-corrected chi connectivity index (χ2v) is 13.0. The summed E-state index contributed by atoms with van der Waals surface area (Å²) in [7, 11) is -6.09. The van der Waals surface area contributed by atoms with Gasteiger partial charge in [-0.1, -0.05) is 30.7 Å². The molecule has 1 aliphatic rings. The Bertz CT molecular complexity index is 1490. The lowest BCUT2D eigenvalue weighted by molar-refractivity contribution is -0.119. The first-order valence-electron chi connectivity index (χ1n) is 12.9. The first-order valence-corrected chi connectivity index (χ1v) is 15.8. The molecule has 0 atom stereocenters. The van der Waals surface area contributed by atoms with Gasteiger partial charge in [0.15, 0.2) is 0 Å². The fraction of sp³-hybridized carbons (Fsp3) is 0.321. The van der Waals surface area contributed by atoms with Crippen LogP contribution in [0.4, 0.5) is 5.69 Å². The first kappa shape index (κ1) is 29.4. The van der Waals surface area contributed by atoms with Crippen LogP contribution in [0.5, 0.6) is 11.5 Å². The molecule has 0 aromatic heterocycles. The minimum Gasteiger partial charge on any atom is -0.497 e. The van der Waals surface area contributed by atoms with Gasteiger partial charge in [-0.3, -0.25) is 9.10 Å². The van der Waals surface area contributed by atoms with Crippen molar-refractivity contribution in [2.45, 2.75) is 29.1 Å². The number of hydrogen-bond acceptors (Lipinski definition) is 7. The van der Waals surface area contributed by atoms with E-state index in [4.69, 9.17) is 9.47 Å². The Kier molecular flexibility index (Phi) is 9.67. The summed E-state index contributed by atoms with van der Waals surface area (Å²) in [5.74, 6) is 0.389. The van der Waals surface area contributed by atoms with Gasteiger partial charge in [-0.2, -0.15) is 4.31 Å². The molecule has 1 heterocycles. The third kappa shape index (κ3) is 7.12. The summed E-state index contributed by atoms with van der Waals surface area (Å²) in [5.41, 5.74) is 0.286. The lowest BCUT2D eigenvalue weighted by Gasteiger charge is -2.25. The summed E-state index contributed by atoms with van der Waals surface area (Å²) in [4.78, 5) is 13.1. The monoisotopic (exact) mass is 587 g/mol. The van der Waals surface area contributed by atoms with Crippen LogP contribution in [0, 0.1) is 0 Å². The third-order valence-electron chi connectivity index (χ3n) is 6.43. The molecule has 0 saturated carbocycles. The van der Waals surface area contributed by atoms with E-state index in [2.05, 4.69) is 5.32 Å². The summed E-state index contributed by atoms with van der Waals surface area (Å²) in [6, 6.07) is 20.5. The zero-order valence-electron chi connectivity index (χ0n) is 22.2. The average Bonchev–Trinajstić information content (AvgIpc) is 2.99. The number of ether oxygens (including phenoxy) is 2. The standard InChI is InChI=1S/C28H33N3O7S2/c1-37-25-10-8-9-23(21-25)31(40(35,36)26-11-4-2-5-12-26)22-28(32)29-17-20-38-24-13-15-27(16-14-24)39(33,34)30-18-6-3-7-19-30/h2,4-5,8-16,21H,3,6-7,17-20,22H2,1H3,(H,29,32). The molecule has 0 spiro atoms. The summed E-state index contributed by atoms with van der Waals surface area (Å²) < 4.78 is 65.9. The molecule has 3 aromatic carbocycles. The van der Waals surface area contributed by atoms with E-state index in [1.54, 1.807) is 54.6 Å². The number of nitrogens with one attached hydrogen (secondary N) is 1. The number of anilines is 1. The summed E-state index contributed by atoms with van der Waals surface area (Å²) in [6.07, 6.45) is 2.76. The van der Waals surface area contributed by atoms with Gasteiger partial charge >= 0.3 is 0 Å². The fourth-order valence-corrected chi connectivity index (χ4v) is 7.26. The summed E-state index contributed by atoms with van der Waals surface area (Å²) in [5, 5.41) is 2.68. The van der Waals surface area contributed by atoms with Crippen LogP contribution in [0.2, 0.25) is 0 Å². The highest BCUT2D eigenvalue weighted by Crippen LogP contribution is 2.27. The zero-order valence-corrected chi connectivity index (χ0v) is 23.9. The maximum absolute atomic E-state index is 13.4. The molecule has 12 heteroatoms. The van der Waals surface area contributed by atoms with E-state index in [-0.39, 0.29) is 28.6 Å². The van der Waals surface area contributed by atoms with Crippen LogP contribution in [0.3, 0.4) is 0 Å². The van der Waals surface area contributed by atoms with Crippen molar-refractivity contribution in [1.29, 1.82) is 0 Å². The van der Waals surface area contributed by atoms with Crippen molar-refractivity contribution in [2.24, 2.45) is 0 Å². The van der Waals surface area contributed by atoms with Gasteiger partial charge in [0.1, 0.15) is 24.7 Å². The number of carbonyl (C=O) groups is 1. The third-order valence-corrected chi connectivity index (χ3v) is 10.1. The van der Waals surface area contributed by atoms with Gasteiger partial charge in [-0.15, -0.1) is 0 Å². The molecule has 1 amide bonds. The van der Waals surface area contributed by atoms with Crippen molar-refractivity contribution < 1.29 is 31.1 Å². The van der Waals surface area contributed by atoms with Crippen molar-refractivity contribution in [1.82, 2.24) is 9.62 Å². The number of rotatable bonds is 12. The van der Waals surface area contributed by atoms with Crippen molar-refractivity contribution in [3.63, 3.8) is 0 Å². The molecule has 1 fully saturated rings. The average molecular weight is 588 g/mol. The van der Waals surface area contributed by atoms with Crippen LogP contribution in [-0.2, 0) is 24.8 Å². The topological polar surface area (TPSA) is 122 Å². The van der Waals surface area contributed by atoms with Crippen LogP contribution in [0.15, 0.2) is 88.7 Å². The Hall–Kier alpha value is -3.61. The lowest BCUT2D eigenvalue weighted by Crippen LogP contribution is -2.41. The number of hydrogen-bond donors (Lipinski definition) is 1. The van der Waals surface area contributed by atoms with E-state index in [1.165, 1.54) is 35.7 Å². The zero-order chi connectivity index (χ0) is 28.6. The van der Waals surface area contributed by atoms with Gasteiger partial charge in [0.25, 0.3) is 10.0 Å². The maximum Gasteiger partial charge on any atom is 0.264 e. The summed E-state index contributed by atoms with van der Waals surface area (Å²) in [6.45, 7) is 0.830. The molecular weight excluding hydrogens is 554 g/mol. The number of nitrogens with zero attached hydrogens (tertiary/aromatic N) is 2. The smallest absolute Gasteiger partial charge is 0.264 e. The molecule has 4 rings (SSSR count). The van der Waals surface area contributed by atoms with Crippen LogP contribution in [-0.4, -0.2) is 66.9 Å². The minimum atomic E-state index is -4.04. The molecule has 1 N–H and O–H groups in total. The van der Waals surface area contributed by atoms with E-state index in [0.717, 1.165) is 23.6 Å². The van der Waals surface area contributed by atoms with Gasteiger partial charge < -0.3 is 14.8 Å². The molecule has 40 heavy (non-hydrogen) atoms. The van der Waals surface area contributed by atoms with Crippen LogP contribution in [0.1, 0.15) is 19.3 Å². The molecule has 1 saturated heterocycles. The number of amides is 1. The van der Waals surface area contributed by atoms with Crippen molar-refractivity contribution in [2.75, 3.05) is 44.2 Å². The van der Waals surface area contributed by atoms with Crippen molar-refractivity contribution in [3.05, 3.63) is 78.9 Å². The highest BCUT2D eigenvalue weighted by atomic mass is 32.2. The molecule has 0 unspecified atom stereocenters. The van der Waals surface area contributed by atoms with Gasteiger partial charge in [0.05, 0.1) is 29.1 Å². The predicted molar refractivity (Wildman–Crippen MR) is 152 cm³/mol. The molecule has 0 radical (unpaired) electrons. The van der Waals surface area contributed by atoms with Gasteiger partial charge in [0, 0.05) is 19.2 Å². The molecular formula is C28H33N3O7S2. The molecule has 214 valence electrons. The fourth-order valence-electron chi connectivity index (χ4n) is 4.31. The quantitative estimate of drug-likeness (QED) is 0.323. The number of carbonyl (C=O) groups excluding carboxylic acids is 1. The van der Waals surface area contributed by atoms with E-state index in [9.17, 15) is 21.6 Å². The Labute approximate surface area is 235 Å². The van der Waals surface area contributed by atoms with Gasteiger partial charge in [-0.25, -0.2) is 16.8 Å². The molecule has 0 aliphatic carbocycles. The maximum atomic E-state index is 13.4. The second-order valence-electron chi connectivity index (χ2n) is 9.16. The first-order chi connectivity index (χ1) is 19.2. The van der Waals surface area contributed by atoms with Crippen LogP contribution in [0.25, 0.3) is 0 Å². The largest absolute Gasteiger partial charge is 0.497 e. The lowest BCUT2D eigenvalue weighted by atomic mass is 10.2. The Morgan fingerprint density at radius 3 is 2.23 bits per heavy atom. The normalized spacial score (nSPS) is 14.3. The van der Waals surface area contributed by atoms with E-state index in [0.29, 0.717) is 24.6 Å². The Balaban J connectivity index is 1.35. The minimum absolute atomic E-state index is 0.0553. The van der Waals surface area contributed by atoms with Crippen molar-refractivity contribution in [3.8, 4) is 11.5 Å². The van der Waals surface area contributed by atoms with E-state index < -0.39 is 32.5 Å². The highest BCUT2D eigenvalue weighted by Gasteiger charge is 2.28. The van der Waals surface area contributed by atoms with E-state index >= 15 is 0 Å². The number of benzene rings is 3. The molecule has 1 aliphatic heterocycles. The van der Waals surface area contributed by atoms with Gasteiger partial charge in [0.2, 0.25) is 15.9 Å². The number of sulfonamides is 2. The number of methoxy groups -OCH3 is 1. The SMILES string of the molecule is COc1cccc(N(CC(=O)NCCOc2ccc(S(=O)(=O)N3CCCCC3)cc2)S(=O)(=O)c2ccccc2)c1. The highest BCUT2D eigenvalue weighted by molar-refractivity contribution is 7.92. The molecule has 3 aromatic rings. The Morgan fingerprint density at radius 1 is 0.850 bits per heavy atom. The predicted octanol–water partition coefficient (Wildman–Crippen LogP) is 3.26. The Morgan fingerprint density at radius 2 is 1.55 bits per heavy atom.